The zero-order valence-electron chi connectivity index (χ0n) is 16.5. The number of hydrogen-bond acceptors (Lipinski definition) is 5. The van der Waals surface area contributed by atoms with Crippen LogP contribution in [-0.2, 0) is 6.42 Å². The first-order chi connectivity index (χ1) is 13.5. The summed E-state index contributed by atoms with van der Waals surface area (Å²) in [6, 6.07) is 13.8. The lowest BCUT2D eigenvalue weighted by Crippen LogP contribution is -2.29. The Morgan fingerprint density at radius 3 is 2.46 bits per heavy atom. The minimum absolute atomic E-state index is 0.130. The topological polar surface area (TPSA) is 71.0 Å². The van der Waals surface area contributed by atoms with Gasteiger partial charge in [-0.3, -0.25) is 9.78 Å². The highest BCUT2D eigenvalue weighted by molar-refractivity contribution is 5.92. The van der Waals surface area contributed by atoms with E-state index in [2.05, 4.69) is 46.2 Å². The Morgan fingerprint density at radius 2 is 1.79 bits per heavy atom. The van der Waals surface area contributed by atoms with E-state index in [0.717, 1.165) is 17.7 Å². The Labute approximate surface area is 165 Å². The highest BCUT2D eigenvalue weighted by atomic mass is 16.2. The van der Waals surface area contributed by atoms with Crippen LogP contribution in [-0.4, -0.2) is 39.4 Å². The van der Waals surface area contributed by atoms with Gasteiger partial charge in [-0.05, 0) is 47.7 Å². The molecule has 0 fully saturated rings. The third-order valence-corrected chi connectivity index (χ3v) is 4.57. The van der Waals surface area contributed by atoms with E-state index in [1.807, 2.05) is 24.3 Å². The second kappa shape index (κ2) is 9.08. The molecule has 0 saturated carbocycles. The molecule has 1 aromatic carbocycles. The van der Waals surface area contributed by atoms with E-state index in [4.69, 9.17) is 0 Å². The molecule has 0 unspecified atom stereocenters. The van der Waals surface area contributed by atoms with Crippen LogP contribution in [0.25, 0.3) is 0 Å². The summed E-state index contributed by atoms with van der Waals surface area (Å²) in [6.07, 6.45) is 5.69. The molecule has 28 heavy (non-hydrogen) atoms. The van der Waals surface area contributed by atoms with Crippen LogP contribution < -0.4 is 5.32 Å². The van der Waals surface area contributed by atoms with Crippen LogP contribution in [0.3, 0.4) is 0 Å². The fraction of sp³-hybridized carbons (Fsp3) is 0.273. The molecule has 0 atom stereocenters. The highest BCUT2D eigenvalue weighted by Gasteiger charge is 2.14. The molecule has 3 aromatic rings. The highest BCUT2D eigenvalue weighted by Crippen LogP contribution is 2.20. The molecule has 2 aromatic heterocycles. The third kappa shape index (κ3) is 5.13. The SMILES string of the molecule is CC(C)c1ccc(Nc2cc(C(=O)N(C)CCc3ccncc3)ncn2)cc1. The molecule has 0 spiro atoms. The Kier molecular flexibility index (Phi) is 6.32. The van der Waals surface area contributed by atoms with Gasteiger partial charge in [-0.15, -0.1) is 0 Å². The van der Waals surface area contributed by atoms with Gasteiger partial charge in [0, 0.05) is 37.7 Å². The van der Waals surface area contributed by atoms with Gasteiger partial charge in [0.2, 0.25) is 0 Å². The first-order valence-corrected chi connectivity index (χ1v) is 9.36. The number of nitrogens with one attached hydrogen (secondary N) is 1. The number of benzene rings is 1. The molecule has 0 bridgehead atoms. The minimum atomic E-state index is -0.130. The van der Waals surface area contributed by atoms with Crippen molar-refractivity contribution in [1.29, 1.82) is 0 Å². The summed E-state index contributed by atoms with van der Waals surface area (Å²) in [4.78, 5) is 26.7. The van der Waals surface area contributed by atoms with Gasteiger partial charge in [0.25, 0.3) is 5.91 Å². The second-order valence-electron chi connectivity index (χ2n) is 7.02. The van der Waals surface area contributed by atoms with E-state index in [0.29, 0.717) is 24.0 Å². The molecule has 2 heterocycles. The number of carbonyl (C=O) groups is 1. The quantitative estimate of drug-likeness (QED) is 0.674. The number of amides is 1. The Bertz CT molecular complexity index is 910. The summed E-state index contributed by atoms with van der Waals surface area (Å²) in [7, 11) is 1.78. The average molecular weight is 375 g/mol. The zero-order valence-corrected chi connectivity index (χ0v) is 16.5. The number of nitrogens with zero attached hydrogens (tertiary/aromatic N) is 4. The maximum atomic E-state index is 12.7. The van der Waals surface area contributed by atoms with Crippen LogP contribution in [0.2, 0.25) is 0 Å². The van der Waals surface area contributed by atoms with Crippen molar-refractivity contribution in [2.75, 3.05) is 18.9 Å². The summed E-state index contributed by atoms with van der Waals surface area (Å²) in [5, 5.41) is 3.23. The van der Waals surface area contributed by atoms with Gasteiger partial charge in [-0.1, -0.05) is 26.0 Å². The van der Waals surface area contributed by atoms with Crippen LogP contribution >= 0.6 is 0 Å². The molecule has 3 rings (SSSR count). The van der Waals surface area contributed by atoms with Crippen molar-refractivity contribution in [3.05, 3.63) is 78.0 Å². The van der Waals surface area contributed by atoms with E-state index in [1.54, 1.807) is 30.4 Å². The minimum Gasteiger partial charge on any atom is -0.340 e. The molecule has 0 saturated heterocycles. The summed E-state index contributed by atoms with van der Waals surface area (Å²) in [5.74, 6) is 0.952. The first kappa shape index (κ1) is 19.5. The van der Waals surface area contributed by atoms with E-state index < -0.39 is 0 Å². The predicted molar refractivity (Wildman–Crippen MR) is 111 cm³/mol. The van der Waals surface area contributed by atoms with Crippen molar-refractivity contribution in [3.8, 4) is 0 Å². The maximum absolute atomic E-state index is 12.7. The molecule has 144 valence electrons. The number of anilines is 2. The number of pyridine rings is 1. The lowest BCUT2D eigenvalue weighted by atomic mass is 10.0. The van der Waals surface area contributed by atoms with Gasteiger partial charge in [0.05, 0.1) is 0 Å². The summed E-state index contributed by atoms with van der Waals surface area (Å²) in [6.45, 7) is 4.93. The zero-order chi connectivity index (χ0) is 19.9. The van der Waals surface area contributed by atoms with Crippen LogP contribution in [0.5, 0.6) is 0 Å². The molecule has 1 N–H and O–H groups in total. The molecule has 0 aliphatic rings. The number of aromatic nitrogens is 3. The van der Waals surface area contributed by atoms with E-state index >= 15 is 0 Å². The molecule has 1 amide bonds. The normalized spacial score (nSPS) is 10.7. The Morgan fingerprint density at radius 1 is 1.07 bits per heavy atom. The maximum Gasteiger partial charge on any atom is 0.272 e. The molecular formula is C22H25N5O. The fourth-order valence-electron chi connectivity index (χ4n) is 2.79. The van der Waals surface area contributed by atoms with Crippen molar-refractivity contribution in [2.45, 2.75) is 26.2 Å². The second-order valence-corrected chi connectivity index (χ2v) is 7.02. The standard InChI is InChI=1S/C22H25N5O/c1-16(2)18-4-6-19(7-5-18)26-21-14-20(24-15-25-21)22(28)27(3)13-10-17-8-11-23-12-9-17/h4-9,11-12,14-16H,10,13H2,1-3H3,(H,24,25,26). The van der Waals surface area contributed by atoms with Crippen LogP contribution in [0.1, 0.15) is 41.4 Å². The van der Waals surface area contributed by atoms with Gasteiger partial charge in [-0.25, -0.2) is 9.97 Å². The average Bonchev–Trinajstić information content (AvgIpc) is 2.73. The van der Waals surface area contributed by atoms with Crippen LogP contribution in [0, 0.1) is 0 Å². The molecule has 0 aliphatic carbocycles. The number of likely N-dealkylation sites (N-methyl/N-ethyl adjacent to an activating group) is 1. The third-order valence-electron chi connectivity index (χ3n) is 4.57. The lowest BCUT2D eigenvalue weighted by Gasteiger charge is -2.17. The number of rotatable bonds is 7. The smallest absolute Gasteiger partial charge is 0.272 e. The largest absolute Gasteiger partial charge is 0.340 e. The number of hydrogen-bond donors (Lipinski definition) is 1. The summed E-state index contributed by atoms with van der Waals surface area (Å²) < 4.78 is 0. The van der Waals surface area contributed by atoms with E-state index in [9.17, 15) is 4.79 Å². The van der Waals surface area contributed by atoms with Gasteiger partial charge in [0.15, 0.2) is 0 Å². The molecule has 6 nitrogen and oxygen atoms in total. The molecule has 0 radical (unpaired) electrons. The van der Waals surface area contributed by atoms with Gasteiger partial charge in [-0.2, -0.15) is 0 Å². The Hall–Kier alpha value is -3.28. The van der Waals surface area contributed by atoms with Crippen molar-refractivity contribution in [3.63, 3.8) is 0 Å². The summed E-state index contributed by atoms with van der Waals surface area (Å²) >= 11 is 0. The van der Waals surface area contributed by atoms with Crippen molar-refractivity contribution < 1.29 is 4.79 Å². The van der Waals surface area contributed by atoms with Crippen molar-refractivity contribution >= 4 is 17.4 Å². The molecule has 6 heteroatoms. The van der Waals surface area contributed by atoms with Gasteiger partial charge >= 0.3 is 0 Å². The summed E-state index contributed by atoms with van der Waals surface area (Å²) in [5.41, 5.74) is 3.71. The molecule has 0 aliphatic heterocycles. The van der Waals surface area contributed by atoms with Crippen LogP contribution in [0.15, 0.2) is 61.2 Å². The van der Waals surface area contributed by atoms with Crippen LogP contribution in [0.4, 0.5) is 11.5 Å². The fourth-order valence-corrected chi connectivity index (χ4v) is 2.79. The Balaban J connectivity index is 1.63. The predicted octanol–water partition coefficient (Wildman–Crippen LogP) is 4.05. The van der Waals surface area contributed by atoms with Gasteiger partial charge < -0.3 is 10.2 Å². The van der Waals surface area contributed by atoms with E-state index in [-0.39, 0.29) is 5.91 Å². The number of carbonyl (C=O) groups excluding carboxylic acids is 1. The van der Waals surface area contributed by atoms with E-state index in [1.165, 1.54) is 11.9 Å². The molecular weight excluding hydrogens is 350 g/mol. The van der Waals surface area contributed by atoms with Crippen molar-refractivity contribution in [2.24, 2.45) is 0 Å². The van der Waals surface area contributed by atoms with Crippen molar-refractivity contribution in [1.82, 2.24) is 19.9 Å². The lowest BCUT2D eigenvalue weighted by molar-refractivity contribution is 0.0790. The monoisotopic (exact) mass is 375 g/mol. The van der Waals surface area contributed by atoms with Gasteiger partial charge in [0.1, 0.15) is 17.8 Å². The first-order valence-electron chi connectivity index (χ1n) is 9.36.